The first-order chi connectivity index (χ1) is 19.2. The molecular formula is C28H31FN8O3. The number of hydrogen-bond acceptors (Lipinski definition) is 9. The van der Waals surface area contributed by atoms with Gasteiger partial charge in [0.05, 0.1) is 30.3 Å². The molecule has 3 fully saturated rings. The van der Waals surface area contributed by atoms with Gasteiger partial charge in [0.1, 0.15) is 11.9 Å². The van der Waals surface area contributed by atoms with Crippen LogP contribution in [0.2, 0.25) is 0 Å². The summed E-state index contributed by atoms with van der Waals surface area (Å²) in [5, 5.41) is 20.4. The molecule has 2 aromatic heterocycles. The molecule has 4 N–H and O–H groups in total. The maximum absolute atomic E-state index is 14.2. The molecule has 40 heavy (non-hydrogen) atoms. The number of nitrogens with one attached hydrogen (secondary N) is 2. The van der Waals surface area contributed by atoms with Gasteiger partial charge in [0, 0.05) is 55.0 Å². The molecule has 5 rings (SSSR count). The second kappa shape index (κ2) is 10.9. The minimum atomic E-state index is -0.716. The average molecular weight is 547 g/mol. The Hall–Kier alpha value is -4.53. The fourth-order valence-electron chi connectivity index (χ4n) is 5.58. The summed E-state index contributed by atoms with van der Waals surface area (Å²) in [6.45, 7) is 1.78. The van der Waals surface area contributed by atoms with Crippen molar-refractivity contribution in [3.8, 4) is 11.9 Å². The van der Waals surface area contributed by atoms with E-state index in [-0.39, 0.29) is 40.7 Å². The van der Waals surface area contributed by atoms with Crippen molar-refractivity contribution in [2.45, 2.75) is 43.7 Å². The van der Waals surface area contributed by atoms with Crippen molar-refractivity contribution in [2.75, 3.05) is 31.6 Å². The molecule has 0 unspecified atom stereocenters. The number of allylic oxidation sites excluding steroid dienone is 1. The van der Waals surface area contributed by atoms with Crippen LogP contribution in [0.15, 0.2) is 42.4 Å². The van der Waals surface area contributed by atoms with Crippen molar-refractivity contribution < 1.29 is 18.7 Å². The van der Waals surface area contributed by atoms with Crippen molar-refractivity contribution in [1.29, 1.82) is 10.7 Å². The Morgan fingerprint density at radius 3 is 2.75 bits per heavy atom. The molecule has 3 aliphatic rings. The van der Waals surface area contributed by atoms with Crippen LogP contribution in [0.5, 0.6) is 5.88 Å². The molecule has 0 aromatic carbocycles. The summed E-state index contributed by atoms with van der Waals surface area (Å²) >= 11 is 0. The zero-order valence-electron chi connectivity index (χ0n) is 22.2. The van der Waals surface area contributed by atoms with Gasteiger partial charge in [-0.1, -0.05) is 0 Å². The Balaban J connectivity index is 1.18. The van der Waals surface area contributed by atoms with Gasteiger partial charge in [0.15, 0.2) is 5.82 Å². The lowest BCUT2D eigenvalue weighted by atomic mass is 9.87. The predicted octanol–water partition coefficient (Wildman–Crippen LogP) is 1.87. The first-order valence-electron chi connectivity index (χ1n) is 13.2. The normalized spacial score (nSPS) is 21.6. The quantitative estimate of drug-likeness (QED) is 0.350. The van der Waals surface area contributed by atoms with Gasteiger partial charge in [0.25, 0.3) is 5.91 Å². The number of nitrogens with zero attached hydrogens (tertiary/aromatic N) is 5. The molecule has 208 valence electrons. The van der Waals surface area contributed by atoms with E-state index in [4.69, 9.17) is 21.1 Å². The summed E-state index contributed by atoms with van der Waals surface area (Å²) in [4.78, 5) is 38.4. The molecule has 2 aromatic rings. The number of rotatable bonds is 7. The number of nitriles is 1. The van der Waals surface area contributed by atoms with E-state index < -0.39 is 17.3 Å². The Labute approximate surface area is 231 Å². The average Bonchev–Trinajstić information content (AvgIpc) is 3.56. The molecule has 0 radical (unpaired) electrons. The topological polar surface area (TPSA) is 161 Å². The van der Waals surface area contributed by atoms with Crippen molar-refractivity contribution in [1.82, 2.24) is 20.2 Å². The zero-order valence-corrected chi connectivity index (χ0v) is 22.2. The van der Waals surface area contributed by atoms with Gasteiger partial charge in [-0.2, -0.15) is 5.26 Å². The maximum atomic E-state index is 14.2. The van der Waals surface area contributed by atoms with E-state index in [1.165, 1.54) is 13.2 Å². The third-order valence-electron chi connectivity index (χ3n) is 7.96. The summed E-state index contributed by atoms with van der Waals surface area (Å²) in [5.41, 5.74) is 5.69. The molecule has 11 nitrogen and oxygen atoms in total. The number of carbonyl (C=O) groups excluding carboxylic acids is 2. The summed E-state index contributed by atoms with van der Waals surface area (Å²) in [6, 6.07) is 6.89. The maximum Gasteiger partial charge on any atom is 0.270 e. The number of hydrogen-bond donors (Lipinski definition) is 3. The van der Waals surface area contributed by atoms with Crippen LogP contribution in [-0.4, -0.2) is 70.7 Å². The third kappa shape index (κ3) is 5.45. The molecule has 1 aliphatic carbocycles. The van der Waals surface area contributed by atoms with Gasteiger partial charge in [-0.25, -0.2) is 14.4 Å². The van der Waals surface area contributed by atoms with E-state index in [2.05, 4.69) is 26.3 Å². The molecule has 12 heteroatoms. The molecule has 1 spiro atoms. The van der Waals surface area contributed by atoms with Crippen molar-refractivity contribution >= 4 is 23.3 Å². The zero-order chi connectivity index (χ0) is 28.4. The van der Waals surface area contributed by atoms with Crippen molar-refractivity contribution in [2.24, 2.45) is 11.7 Å². The van der Waals surface area contributed by atoms with Gasteiger partial charge >= 0.3 is 0 Å². The van der Waals surface area contributed by atoms with Crippen LogP contribution >= 0.6 is 0 Å². The summed E-state index contributed by atoms with van der Waals surface area (Å²) in [5.74, 6) is -0.423. The number of piperidine rings is 1. The van der Waals surface area contributed by atoms with Crippen LogP contribution < -0.4 is 20.7 Å². The van der Waals surface area contributed by atoms with Crippen molar-refractivity contribution in [3.05, 3.63) is 59.3 Å². The number of aromatic nitrogens is 2. The van der Waals surface area contributed by atoms with Crippen LogP contribution in [0.1, 0.15) is 43.2 Å². The number of anilines is 1. The van der Waals surface area contributed by atoms with Crippen molar-refractivity contribution in [3.63, 3.8) is 0 Å². The molecule has 2 atom stereocenters. The van der Waals surface area contributed by atoms with Crippen LogP contribution in [0.25, 0.3) is 0 Å². The highest BCUT2D eigenvalue weighted by Crippen LogP contribution is 2.50. The smallest absolute Gasteiger partial charge is 0.270 e. The Morgan fingerprint density at radius 2 is 2.08 bits per heavy atom. The number of likely N-dealkylation sites (tertiary alicyclic amines) is 1. The highest BCUT2D eigenvalue weighted by Gasteiger charge is 2.54. The van der Waals surface area contributed by atoms with E-state index >= 15 is 0 Å². The van der Waals surface area contributed by atoms with Crippen LogP contribution in [0, 0.1) is 28.5 Å². The van der Waals surface area contributed by atoms with Gasteiger partial charge in [-0.05, 0) is 50.3 Å². The molecule has 1 saturated carbocycles. The minimum absolute atomic E-state index is 0.00319. The van der Waals surface area contributed by atoms with Gasteiger partial charge in [-0.15, -0.1) is 0 Å². The SMILES string of the molecule is COc1cc(C(=N)C=C(N)C(=O)N2CC[C@H](C(=O)N[C@H]3CCN(c4ccc(C#N)cn4)C3)CC23CC3)c(F)cn1. The summed E-state index contributed by atoms with van der Waals surface area (Å²) in [6.07, 6.45) is 7.08. The van der Waals surface area contributed by atoms with E-state index in [9.17, 15) is 14.0 Å². The largest absolute Gasteiger partial charge is 0.481 e. The first-order valence-corrected chi connectivity index (χ1v) is 13.2. The number of nitrogens with two attached hydrogens (primary N) is 1. The second-order valence-electron chi connectivity index (χ2n) is 10.5. The molecule has 4 heterocycles. The first kappa shape index (κ1) is 27.1. The van der Waals surface area contributed by atoms with Crippen LogP contribution in [0.3, 0.4) is 0 Å². The second-order valence-corrected chi connectivity index (χ2v) is 10.5. The Morgan fingerprint density at radius 1 is 1.27 bits per heavy atom. The fourth-order valence-corrected chi connectivity index (χ4v) is 5.58. The fraction of sp³-hybridized carbons (Fsp3) is 0.429. The summed E-state index contributed by atoms with van der Waals surface area (Å²) < 4.78 is 19.2. The highest BCUT2D eigenvalue weighted by molar-refractivity contribution is 6.11. The number of carbonyl (C=O) groups is 2. The number of amides is 2. The number of pyridine rings is 2. The number of ether oxygens (including phenoxy) is 1. The molecule has 2 amide bonds. The highest BCUT2D eigenvalue weighted by atomic mass is 19.1. The molecule has 0 bridgehead atoms. The predicted molar refractivity (Wildman–Crippen MR) is 144 cm³/mol. The lowest BCUT2D eigenvalue weighted by Gasteiger charge is -2.40. The third-order valence-corrected chi connectivity index (χ3v) is 7.96. The van der Waals surface area contributed by atoms with Gasteiger partial charge in [0.2, 0.25) is 11.8 Å². The Kier molecular flexibility index (Phi) is 7.38. The minimum Gasteiger partial charge on any atom is -0.481 e. The van der Waals surface area contributed by atoms with Gasteiger partial charge in [-0.3, -0.25) is 9.59 Å². The van der Waals surface area contributed by atoms with Crippen LogP contribution in [-0.2, 0) is 9.59 Å². The van der Waals surface area contributed by atoms with Gasteiger partial charge < -0.3 is 31.0 Å². The lowest BCUT2D eigenvalue weighted by Crippen LogP contribution is -2.52. The molecule has 2 aliphatic heterocycles. The summed E-state index contributed by atoms with van der Waals surface area (Å²) in [7, 11) is 1.39. The Bertz CT molecular complexity index is 1400. The lowest BCUT2D eigenvalue weighted by molar-refractivity contribution is -0.137. The van der Waals surface area contributed by atoms with Crippen LogP contribution in [0.4, 0.5) is 10.2 Å². The van der Waals surface area contributed by atoms with E-state index in [1.54, 1.807) is 17.2 Å². The molecular weight excluding hydrogens is 515 g/mol. The molecule has 2 saturated heterocycles. The number of methoxy groups -OCH3 is 1. The van der Waals surface area contributed by atoms with E-state index in [1.807, 2.05) is 6.07 Å². The van der Waals surface area contributed by atoms with E-state index in [0.717, 1.165) is 43.9 Å². The standard InChI is InChI=1S/C28H31FN8O3/c1-40-25-10-20(21(29)15-34-25)22(31)11-23(32)27(39)37-9-4-18(12-28(37)6-7-28)26(38)35-19-5-8-36(16-19)24-3-2-17(13-30)14-33-24/h2-3,10-11,14-15,18-19,31H,4-9,12,16,32H2,1H3,(H,35,38)/t18-,19-/m0/s1. The monoisotopic (exact) mass is 546 g/mol. The number of halogens is 1. The van der Waals surface area contributed by atoms with E-state index in [0.29, 0.717) is 31.5 Å².